The van der Waals surface area contributed by atoms with Gasteiger partial charge in [0.2, 0.25) is 0 Å². The highest BCUT2D eigenvalue weighted by molar-refractivity contribution is 5.97. The van der Waals surface area contributed by atoms with Crippen molar-refractivity contribution in [2.75, 3.05) is 0 Å². The summed E-state index contributed by atoms with van der Waals surface area (Å²) in [6.45, 7) is 6.54. The van der Waals surface area contributed by atoms with E-state index in [0.29, 0.717) is 23.7 Å². The fourth-order valence-electron chi connectivity index (χ4n) is 2.61. The molecule has 2 nitrogen and oxygen atoms in total. The van der Waals surface area contributed by atoms with Gasteiger partial charge in [-0.15, -0.1) is 0 Å². The lowest BCUT2D eigenvalue weighted by atomic mass is 9.81. The summed E-state index contributed by atoms with van der Waals surface area (Å²) >= 11 is 0. The molecule has 2 aliphatic rings. The lowest BCUT2D eigenvalue weighted by Crippen LogP contribution is -2.32. The maximum absolute atomic E-state index is 11.8. The fourth-order valence-corrected chi connectivity index (χ4v) is 2.61. The molecule has 84 valence electrons. The Bertz CT molecular complexity index is 302. The molecule has 1 aliphatic heterocycles. The van der Waals surface area contributed by atoms with Crippen LogP contribution in [0.4, 0.5) is 0 Å². The van der Waals surface area contributed by atoms with Crippen molar-refractivity contribution >= 4 is 5.78 Å². The Morgan fingerprint density at radius 1 is 1.33 bits per heavy atom. The smallest absolute Gasteiger partial charge is 0.162 e. The van der Waals surface area contributed by atoms with Gasteiger partial charge in [-0.2, -0.15) is 0 Å². The summed E-state index contributed by atoms with van der Waals surface area (Å²) in [7, 11) is 0. The number of rotatable bonds is 1. The highest BCUT2D eigenvalue weighted by Gasteiger charge is 2.34. The molecule has 1 heterocycles. The van der Waals surface area contributed by atoms with Crippen molar-refractivity contribution in [1.82, 2.24) is 0 Å². The zero-order valence-electron chi connectivity index (χ0n) is 9.88. The number of ketones is 1. The molecule has 0 spiro atoms. The third-order valence-corrected chi connectivity index (χ3v) is 3.52. The summed E-state index contributed by atoms with van der Waals surface area (Å²) in [5.74, 6) is 2.27. The quantitative estimate of drug-likeness (QED) is 0.662. The largest absolute Gasteiger partial charge is 0.494 e. The van der Waals surface area contributed by atoms with Gasteiger partial charge in [-0.1, -0.05) is 20.8 Å². The Kier molecular flexibility index (Phi) is 2.85. The molecular formula is C13H20O2. The molecule has 0 aromatic heterocycles. The number of carbonyl (C=O) groups excluding carboxylic acids is 1. The molecule has 0 bridgehead atoms. The second kappa shape index (κ2) is 3.99. The average molecular weight is 208 g/mol. The standard InChI is InChI=1S/C13H20O2/c1-8(2)12-7-9(3)13-10(14)5-4-6-11(13)15-12/h8-9,12H,4-7H2,1-3H3/t9-,12?/m1/s1. The Morgan fingerprint density at radius 3 is 2.73 bits per heavy atom. The second-order valence-corrected chi connectivity index (χ2v) is 5.15. The van der Waals surface area contributed by atoms with Crippen molar-refractivity contribution in [1.29, 1.82) is 0 Å². The number of hydrogen-bond acceptors (Lipinski definition) is 2. The number of carbonyl (C=O) groups is 1. The topological polar surface area (TPSA) is 26.3 Å². The zero-order valence-corrected chi connectivity index (χ0v) is 9.88. The van der Waals surface area contributed by atoms with E-state index in [0.717, 1.165) is 37.0 Å². The van der Waals surface area contributed by atoms with Crippen molar-refractivity contribution in [3.8, 4) is 0 Å². The number of hydrogen-bond donors (Lipinski definition) is 0. The van der Waals surface area contributed by atoms with Crippen LogP contribution in [-0.2, 0) is 9.53 Å². The SMILES string of the molecule is CC(C)C1C[C@@H](C)C2=C(CCCC2=O)O1. The minimum atomic E-state index is 0.310. The van der Waals surface area contributed by atoms with Crippen LogP contribution in [-0.4, -0.2) is 11.9 Å². The van der Waals surface area contributed by atoms with Gasteiger partial charge in [0.1, 0.15) is 11.9 Å². The van der Waals surface area contributed by atoms with Crippen LogP contribution in [0, 0.1) is 11.8 Å². The Balaban J connectivity index is 2.25. The molecule has 0 amide bonds. The summed E-state index contributed by atoms with van der Waals surface area (Å²) in [6.07, 6.45) is 3.97. The van der Waals surface area contributed by atoms with Gasteiger partial charge < -0.3 is 4.74 Å². The Labute approximate surface area is 91.7 Å². The Hall–Kier alpha value is -0.790. The molecule has 15 heavy (non-hydrogen) atoms. The van der Waals surface area contributed by atoms with Crippen molar-refractivity contribution in [2.24, 2.45) is 11.8 Å². The molecule has 0 saturated carbocycles. The van der Waals surface area contributed by atoms with E-state index < -0.39 is 0 Å². The summed E-state index contributed by atoms with van der Waals surface area (Å²) in [6, 6.07) is 0. The van der Waals surface area contributed by atoms with E-state index in [1.165, 1.54) is 0 Å². The first-order valence-corrected chi connectivity index (χ1v) is 6.02. The lowest BCUT2D eigenvalue weighted by Gasteiger charge is -2.36. The highest BCUT2D eigenvalue weighted by atomic mass is 16.5. The van der Waals surface area contributed by atoms with E-state index in [4.69, 9.17) is 4.74 Å². The van der Waals surface area contributed by atoms with Crippen molar-refractivity contribution < 1.29 is 9.53 Å². The first-order chi connectivity index (χ1) is 7.09. The Morgan fingerprint density at radius 2 is 2.07 bits per heavy atom. The van der Waals surface area contributed by atoms with Gasteiger partial charge in [0.05, 0.1) is 0 Å². The van der Waals surface area contributed by atoms with E-state index in [2.05, 4.69) is 20.8 Å². The molecular weight excluding hydrogens is 188 g/mol. The highest BCUT2D eigenvalue weighted by Crippen LogP contribution is 2.37. The molecule has 2 heteroatoms. The van der Waals surface area contributed by atoms with Gasteiger partial charge in [-0.05, 0) is 24.7 Å². The van der Waals surface area contributed by atoms with Gasteiger partial charge in [0.15, 0.2) is 5.78 Å². The summed E-state index contributed by atoms with van der Waals surface area (Å²) < 4.78 is 5.95. The molecule has 1 unspecified atom stereocenters. The van der Waals surface area contributed by atoms with Gasteiger partial charge in [0, 0.05) is 18.4 Å². The second-order valence-electron chi connectivity index (χ2n) is 5.15. The predicted molar refractivity (Wildman–Crippen MR) is 59.4 cm³/mol. The minimum absolute atomic E-state index is 0.310. The van der Waals surface area contributed by atoms with Crippen molar-refractivity contribution in [3.63, 3.8) is 0 Å². The van der Waals surface area contributed by atoms with Gasteiger partial charge in [-0.25, -0.2) is 0 Å². The van der Waals surface area contributed by atoms with Gasteiger partial charge >= 0.3 is 0 Å². The molecule has 1 aliphatic carbocycles. The average Bonchev–Trinajstić information content (AvgIpc) is 2.17. The molecule has 2 atom stereocenters. The van der Waals surface area contributed by atoms with Crippen LogP contribution in [0.2, 0.25) is 0 Å². The maximum atomic E-state index is 11.8. The maximum Gasteiger partial charge on any atom is 0.162 e. The van der Waals surface area contributed by atoms with Crippen molar-refractivity contribution in [3.05, 3.63) is 11.3 Å². The number of allylic oxidation sites excluding steroid dienone is 2. The fraction of sp³-hybridized carbons (Fsp3) is 0.769. The van der Waals surface area contributed by atoms with E-state index in [-0.39, 0.29) is 0 Å². The molecule has 0 aromatic carbocycles. The third-order valence-electron chi connectivity index (χ3n) is 3.52. The molecule has 0 saturated heterocycles. The monoisotopic (exact) mass is 208 g/mol. The minimum Gasteiger partial charge on any atom is -0.494 e. The number of Topliss-reactive ketones (excluding diaryl/α,β-unsaturated/α-hetero) is 1. The van der Waals surface area contributed by atoms with Crippen LogP contribution in [0.3, 0.4) is 0 Å². The van der Waals surface area contributed by atoms with Gasteiger partial charge in [0.25, 0.3) is 0 Å². The van der Waals surface area contributed by atoms with Crippen LogP contribution in [0.25, 0.3) is 0 Å². The zero-order chi connectivity index (χ0) is 11.0. The third kappa shape index (κ3) is 1.95. The van der Waals surface area contributed by atoms with Crippen molar-refractivity contribution in [2.45, 2.75) is 52.6 Å². The first-order valence-electron chi connectivity index (χ1n) is 6.02. The van der Waals surface area contributed by atoms with Crippen LogP contribution < -0.4 is 0 Å². The lowest BCUT2D eigenvalue weighted by molar-refractivity contribution is -0.118. The van der Waals surface area contributed by atoms with E-state index in [1.807, 2.05) is 0 Å². The molecule has 0 N–H and O–H groups in total. The molecule has 0 aromatic rings. The van der Waals surface area contributed by atoms with Crippen LogP contribution in [0.5, 0.6) is 0 Å². The first kappa shape index (κ1) is 10.7. The van der Waals surface area contributed by atoms with E-state index in [9.17, 15) is 4.79 Å². The van der Waals surface area contributed by atoms with E-state index in [1.54, 1.807) is 0 Å². The summed E-state index contributed by atoms with van der Waals surface area (Å²) in [5.41, 5.74) is 0.998. The van der Waals surface area contributed by atoms with Crippen LogP contribution in [0.1, 0.15) is 46.5 Å². The molecule has 0 radical (unpaired) electrons. The predicted octanol–water partition coefficient (Wildman–Crippen LogP) is 3.07. The van der Waals surface area contributed by atoms with Crippen LogP contribution >= 0.6 is 0 Å². The summed E-state index contributed by atoms with van der Waals surface area (Å²) in [4.78, 5) is 11.8. The number of ether oxygens (including phenoxy) is 1. The van der Waals surface area contributed by atoms with Crippen LogP contribution in [0.15, 0.2) is 11.3 Å². The van der Waals surface area contributed by atoms with Gasteiger partial charge in [-0.3, -0.25) is 4.79 Å². The molecule has 2 rings (SSSR count). The normalized spacial score (nSPS) is 31.6. The summed E-state index contributed by atoms with van der Waals surface area (Å²) in [5, 5.41) is 0. The van der Waals surface area contributed by atoms with E-state index >= 15 is 0 Å². The molecule has 0 fully saturated rings.